The Morgan fingerprint density at radius 3 is 2.49 bits per heavy atom. The van der Waals surface area contributed by atoms with Crippen LogP contribution in [-0.4, -0.2) is 106 Å². The minimum absolute atomic E-state index is 0.0290. The largest absolute Gasteiger partial charge is 0.497 e. The maximum atomic E-state index is 13.6. The zero-order chi connectivity index (χ0) is 31.4. The van der Waals surface area contributed by atoms with E-state index in [2.05, 4.69) is 4.90 Å². The quantitative estimate of drug-likeness (QED) is 0.348. The lowest BCUT2D eigenvalue weighted by molar-refractivity contribution is -0.156. The van der Waals surface area contributed by atoms with Gasteiger partial charge in [-0.15, -0.1) is 0 Å². The van der Waals surface area contributed by atoms with Gasteiger partial charge in [0.2, 0.25) is 23.1 Å². The molecule has 2 aromatic rings. The van der Waals surface area contributed by atoms with Crippen LogP contribution in [-0.2, 0) is 30.8 Å². The molecule has 244 valence electrons. The van der Waals surface area contributed by atoms with Crippen molar-refractivity contribution in [2.75, 3.05) is 66.4 Å². The van der Waals surface area contributed by atoms with Crippen LogP contribution in [0, 0.1) is 11.8 Å². The molecule has 0 spiro atoms. The number of aliphatic hydroxyl groups excluding tert-OH is 1. The molecule has 0 aromatic heterocycles. The molecular formula is C32H41N3O9S. The van der Waals surface area contributed by atoms with Gasteiger partial charge >= 0.3 is 0 Å². The maximum Gasteiger partial charge on any atom is 0.288 e. The molecule has 6 rings (SSSR count). The minimum Gasteiger partial charge on any atom is -0.497 e. The third kappa shape index (κ3) is 7.55. The Labute approximate surface area is 264 Å². The number of carbonyl (C=O) groups excluding carboxylic acids is 1. The van der Waals surface area contributed by atoms with Gasteiger partial charge in [0.05, 0.1) is 25.2 Å². The number of piperazine rings is 1. The molecule has 3 aliphatic heterocycles. The molecule has 12 nitrogen and oxygen atoms in total. The highest BCUT2D eigenvalue weighted by atomic mass is 32.2. The summed E-state index contributed by atoms with van der Waals surface area (Å²) in [5, 5.41) is 9.57. The molecule has 1 aliphatic carbocycles. The predicted octanol–water partition coefficient (Wildman–Crippen LogP) is 2.42. The van der Waals surface area contributed by atoms with Crippen molar-refractivity contribution in [3.05, 3.63) is 59.9 Å². The summed E-state index contributed by atoms with van der Waals surface area (Å²) in [4.78, 5) is 17.8. The lowest BCUT2D eigenvalue weighted by atomic mass is 9.96. The third-order valence-corrected chi connectivity index (χ3v) is 10.6. The number of rotatable bonds is 13. The molecule has 0 radical (unpaired) electrons. The second kappa shape index (κ2) is 14.0. The fourth-order valence-corrected chi connectivity index (χ4v) is 7.41. The highest BCUT2D eigenvalue weighted by molar-refractivity contribution is 7.89. The Morgan fingerprint density at radius 2 is 1.78 bits per heavy atom. The number of fused-ring (bicyclic) bond motifs is 1. The van der Waals surface area contributed by atoms with Gasteiger partial charge in [-0.1, -0.05) is 6.07 Å². The van der Waals surface area contributed by atoms with Crippen molar-refractivity contribution >= 4 is 15.9 Å². The molecule has 1 N–H and O–H groups in total. The molecule has 1 saturated heterocycles. The second-order valence-corrected chi connectivity index (χ2v) is 13.7. The average molecular weight is 644 g/mol. The highest BCUT2D eigenvalue weighted by Gasteiger charge is 2.38. The molecule has 2 aromatic carbocycles. The SMILES string of the molecule is COc1ccc(S(=O)(=O)N(CCO)CCO[C@H]2C[C@@H](C3CC3)C=C(C(=O)N3CCN(Cc4ccc5c(c4)OCO5)CC3)O2)cc1. The van der Waals surface area contributed by atoms with Crippen molar-refractivity contribution < 1.29 is 42.0 Å². The Balaban J connectivity index is 1.03. The van der Waals surface area contributed by atoms with Crippen molar-refractivity contribution in [3.63, 3.8) is 0 Å². The second-order valence-electron chi connectivity index (χ2n) is 11.7. The van der Waals surface area contributed by atoms with E-state index in [-0.39, 0.29) is 49.8 Å². The number of hydrogen-bond acceptors (Lipinski definition) is 10. The zero-order valence-electron chi connectivity index (χ0n) is 25.5. The molecule has 13 heteroatoms. The molecule has 2 fully saturated rings. The molecule has 3 heterocycles. The van der Waals surface area contributed by atoms with Gasteiger partial charge in [-0.05, 0) is 72.7 Å². The van der Waals surface area contributed by atoms with E-state index >= 15 is 0 Å². The summed E-state index contributed by atoms with van der Waals surface area (Å²) in [5.74, 6) is 2.93. The van der Waals surface area contributed by atoms with Crippen molar-refractivity contribution in [1.82, 2.24) is 14.1 Å². The van der Waals surface area contributed by atoms with E-state index in [9.17, 15) is 18.3 Å². The van der Waals surface area contributed by atoms with E-state index in [4.69, 9.17) is 23.7 Å². The van der Waals surface area contributed by atoms with Crippen molar-refractivity contribution in [3.8, 4) is 17.2 Å². The van der Waals surface area contributed by atoms with Crippen LogP contribution in [0.4, 0.5) is 0 Å². The van der Waals surface area contributed by atoms with E-state index in [1.807, 2.05) is 29.2 Å². The summed E-state index contributed by atoms with van der Waals surface area (Å²) in [6.45, 7) is 3.34. The molecule has 0 unspecified atom stereocenters. The molecule has 1 saturated carbocycles. The number of nitrogens with zero attached hydrogens (tertiary/aromatic N) is 3. The first-order valence-corrected chi connectivity index (χ1v) is 16.9. The van der Waals surface area contributed by atoms with Crippen LogP contribution >= 0.6 is 0 Å². The Morgan fingerprint density at radius 1 is 1.02 bits per heavy atom. The van der Waals surface area contributed by atoms with Crippen LogP contribution < -0.4 is 14.2 Å². The summed E-state index contributed by atoms with van der Waals surface area (Å²) in [7, 11) is -2.35. The van der Waals surface area contributed by atoms with Crippen LogP contribution in [0.5, 0.6) is 17.2 Å². The van der Waals surface area contributed by atoms with E-state index < -0.39 is 16.3 Å². The zero-order valence-corrected chi connectivity index (χ0v) is 26.3. The number of carbonyl (C=O) groups is 1. The number of hydrogen-bond donors (Lipinski definition) is 1. The summed E-state index contributed by atoms with van der Waals surface area (Å²) in [6, 6.07) is 12.1. The minimum atomic E-state index is -3.86. The Bertz CT molecular complexity index is 1470. The average Bonchev–Trinajstić information content (AvgIpc) is 3.81. The molecule has 0 bridgehead atoms. The fraction of sp³-hybridized carbons (Fsp3) is 0.531. The van der Waals surface area contributed by atoms with E-state index in [0.29, 0.717) is 36.9 Å². The molecule has 45 heavy (non-hydrogen) atoms. The molecule has 2 atom stereocenters. The Kier molecular flexibility index (Phi) is 9.81. The van der Waals surface area contributed by atoms with Crippen molar-refractivity contribution in [2.45, 2.75) is 37.0 Å². The van der Waals surface area contributed by atoms with Crippen molar-refractivity contribution in [2.24, 2.45) is 11.8 Å². The third-order valence-electron chi connectivity index (χ3n) is 8.72. The van der Waals surface area contributed by atoms with Crippen LogP contribution in [0.3, 0.4) is 0 Å². The van der Waals surface area contributed by atoms with Crippen LogP contribution in [0.15, 0.2) is 59.2 Å². The van der Waals surface area contributed by atoms with Gasteiger partial charge < -0.3 is 33.7 Å². The van der Waals surface area contributed by atoms with Crippen LogP contribution in [0.2, 0.25) is 0 Å². The van der Waals surface area contributed by atoms with Gasteiger partial charge in [0.15, 0.2) is 17.3 Å². The first-order chi connectivity index (χ1) is 21.8. The van der Waals surface area contributed by atoms with Gasteiger partial charge in [0, 0.05) is 52.2 Å². The fourth-order valence-electron chi connectivity index (χ4n) is 6.00. The number of amides is 1. The van der Waals surface area contributed by atoms with Gasteiger partial charge in [-0.2, -0.15) is 4.31 Å². The highest BCUT2D eigenvalue weighted by Crippen LogP contribution is 2.43. The molecule has 1 amide bonds. The number of allylic oxidation sites excluding steroid dienone is 1. The standard InChI is InChI=1S/C32H41N3O9S/c1-40-26-5-7-27(8-6-26)45(38,39)35(14-16-36)15-17-41-31-20-25(24-3-4-24)19-30(44-31)32(37)34-12-10-33(11-13-34)21-23-2-9-28-29(18-23)43-22-42-28/h2,5-9,18-19,24-25,31,36H,3-4,10-17,20-22H2,1H3/t25-,31+/m0/s1. The molecular weight excluding hydrogens is 602 g/mol. The molecule has 4 aliphatic rings. The summed E-state index contributed by atoms with van der Waals surface area (Å²) < 4.78 is 55.9. The lowest BCUT2D eigenvalue weighted by Crippen LogP contribution is -2.49. The summed E-state index contributed by atoms with van der Waals surface area (Å²) in [6.07, 6.45) is 4.13. The van der Waals surface area contributed by atoms with E-state index in [0.717, 1.165) is 49.5 Å². The van der Waals surface area contributed by atoms with Gasteiger partial charge in [-0.25, -0.2) is 8.42 Å². The lowest BCUT2D eigenvalue weighted by Gasteiger charge is -2.36. The van der Waals surface area contributed by atoms with E-state index in [1.54, 1.807) is 12.1 Å². The smallest absolute Gasteiger partial charge is 0.288 e. The number of ether oxygens (including phenoxy) is 5. The normalized spacial score (nSPS) is 21.8. The number of benzene rings is 2. The monoisotopic (exact) mass is 643 g/mol. The van der Waals surface area contributed by atoms with Crippen molar-refractivity contribution in [1.29, 1.82) is 0 Å². The van der Waals surface area contributed by atoms with Gasteiger partial charge in [0.1, 0.15) is 5.75 Å². The van der Waals surface area contributed by atoms with Crippen LogP contribution in [0.25, 0.3) is 0 Å². The predicted molar refractivity (Wildman–Crippen MR) is 163 cm³/mol. The number of aliphatic hydroxyl groups is 1. The van der Waals surface area contributed by atoms with Gasteiger partial charge in [0.25, 0.3) is 5.91 Å². The number of sulfonamides is 1. The summed E-state index contributed by atoms with van der Waals surface area (Å²) >= 11 is 0. The first kappa shape index (κ1) is 31.6. The topological polar surface area (TPSA) is 127 Å². The summed E-state index contributed by atoms with van der Waals surface area (Å²) in [5.41, 5.74) is 1.14. The maximum absolute atomic E-state index is 13.6. The van der Waals surface area contributed by atoms with Gasteiger partial charge in [-0.3, -0.25) is 9.69 Å². The number of methoxy groups -OCH3 is 1. The first-order valence-electron chi connectivity index (χ1n) is 15.5. The van der Waals surface area contributed by atoms with Crippen LogP contribution in [0.1, 0.15) is 24.8 Å². The Hall–Kier alpha value is -3.36. The van der Waals surface area contributed by atoms with E-state index in [1.165, 1.54) is 23.5 Å².